The maximum Gasteiger partial charge on any atom is 0.253 e. The minimum Gasteiger partial charge on any atom is -0.389 e. The van der Waals surface area contributed by atoms with Gasteiger partial charge in [-0.05, 0) is 37.1 Å². The Labute approximate surface area is 136 Å². The summed E-state index contributed by atoms with van der Waals surface area (Å²) >= 11 is 0. The molecule has 0 aromatic heterocycles. The van der Waals surface area contributed by atoms with Gasteiger partial charge in [-0.25, -0.2) is 4.39 Å². The molecule has 1 saturated carbocycles. The van der Waals surface area contributed by atoms with Crippen molar-refractivity contribution in [2.24, 2.45) is 0 Å². The monoisotopic (exact) mass is 320 g/mol. The third kappa shape index (κ3) is 4.09. The van der Waals surface area contributed by atoms with Crippen LogP contribution in [0.3, 0.4) is 0 Å². The number of hydrogen-bond donors (Lipinski definition) is 1. The molecule has 1 saturated heterocycles. The molecule has 1 amide bonds. The zero-order valence-electron chi connectivity index (χ0n) is 13.5. The van der Waals surface area contributed by atoms with Crippen LogP contribution in [0.15, 0.2) is 24.3 Å². The van der Waals surface area contributed by atoms with Crippen molar-refractivity contribution in [1.29, 1.82) is 0 Å². The number of benzene rings is 1. The van der Waals surface area contributed by atoms with E-state index >= 15 is 0 Å². The molecule has 0 atom stereocenters. The van der Waals surface area contributed by atoms with Gasteiger partial charge >= 0.3 is 0 Å². The molecule has 2 fully saturated rings. The topological polar surface area (TPSA) is 43.8 Å². The second-order valence-corrected chi connectivity index (χ2v) is 6.86. The smallest absolute Gasteiger partial charge is 0.253 e. The Morgan fingerprint density at radius 1 is 1.04 bits per heavy atom. The highest BCUT2D eigenvalue weighted by atomic mass is 19.1. The zero-order valence-corrected chi connectivity index (χ0v) is 13.5. The van der Waals surface area contributed by atoms with E-state index in [9.17, 15) is 14.3 Å². The lowest BCUT2D eigenvalue weighted by molar-refractivity contribution is -0.0339. The van der Waals surface area contributed by atoms with Crippen molar-refractivity contribution in [2.75, 3.05) is 32.7 Å². The van der Waals surface area contributed by atoms with E-state index in [4.69, 9.17) is 0 Å². The number of rotatable bonds is 3. The Balaban J connectivity index is 1.51. The van der Waals surface area contributed by atoms with Gasteiger partial charge in [0, 0.05) is 38.3 Å². The number of hydrogen-bond acceptors (Lipinski definition) is 3. The summed E-state index contributed by atoms with van der Waals surface area (Å²) in [5, 5.41) is 10.6. The van der Waals surface area contributed by atoms with Crippen LogP contribution in [0.4, 0.5) is 4.39 Å². The van der Waals surface area contributed by atoms with Gasteiger partial charge in [-0.3, -0.25) is 9.69 Å². The molecule has 3 rings (SSSR count). The van der Waals surface area contributed by atoms with Crippen LogP contribution in [0, 0.1) is 5.82 Å². The van der Waals surface area contributed by atoms with Crippen LogP contribution < -0.4 is 0 Å². The van der Waals surface area contributed by atoms with Crippen molar-refractivity contribution in [1.82, 2.24) is 9.80 Å². The van der Waals surface area contributed by atoms with Crippen molar-refractivity contribution in [3.8, 4) is 0 Å². The molecule has 0 spiro atoms. The molecule has 23 heavy (non-hydrogen) atoms. The second kappa shape index (κ2) is 6.97. The first-order valence-electron chi connectivity index (χ1n) is 8.55. The molecule has 126 valence electrons. The van der Waals surface area contributed by atoms with Gasteiger partial charge in [-0.15, -0.1) is 0 Å². The number of nitrogens with zero attached hydrogens (tertiary/aromatic N) is 2. The van der Waals surface area contributed by atoms with Gasteiger partial charge in [0.25, 0.3) is 5.91 Å². The minimum absolute atomic E-state index is 0.0407. The number of carbonyl (C=O) groups is 1. The predicted octanol–water partition coefficient (Wildman–Crippen LogP) is 2.28. The van der Waals surface area contributed by atoms with E-state index in [2.05, 4.69) is 4.90 Å². The maximum atomic E-state index is 12.9. The molecular weight excluding hydrogens is 295 g/mol. The lowest BCUT2D eigenvalue weighted by Gasteiger charge is -2.41. The van der Waals surface area contributed by atoms with E-state index in [-0.39, 0.29) is 11.7 Å². The molecule has 1 aliphatic carbocycles. The number of aliphatic hydroxyl groups is 1. The number of halogens is 1. The van der Waals surface area contributed by atoms with E-state index in [1.54, 1.807) is 0 Å². The molecule has 0 bridgehead atoms. The summed E-state index contributed by atoms with van der Waals surface area (Å²) in [5.41, 5.74) is -0.00718. The Bertz CT molecular complexity index is 532. The molecule has 0 unspecified atom stereocenters. The van der Waals surface area contributed by atoms with Crippen molar-refractivity contribution < 1.29 is 14.3 Å². The van der Waals surface area contributed by atoms with Crippen LogP contribution in [0.1, 0.15) is 42.5 Å². The summed E-state index contributed by atoms with van der Waals surface area (Å²) in [4.78, 5) is 16.5. The standard InChI is InChI=1S/C18H25FN2O2/c19-16-6-4-15(5-7-16)17(22)21-12-10-20(11-13-21)14-18(23)8-2-1-3-9-18/h4-7,23H,1-3,8-14H2. The van der Waals surface area contributed by atoms with Gasteiger partial charge in [0.15, 0.2) is 0 Å². The average molecular weight is 320 g/mol. The van der Waals surface area contributed by atoms with Crippen LogP contribution in [0.25, 0.3) is 0 Å². The van der Waals surface area contributed by atoms with Crippen LogP contribution in [0.2, 0.25) is 0 Å². The van der Waals surface area contributed by atoms with E-state index in [0.717, 1.165) is 38.8 Å². The molecule has 0 radical (unpaired) electrons. The van der Waals surface area contributed by atoms with E-state index in [1.807, 2.05) is 4.90 Å². The van der Waals surface area contributed by atoms with E-state index in [0.29, 0.717) is 25.2 Å². The molecular formula is C18H25FN2O2. The largest absolute Gasteiger partial charge is 0.389 e. The first-order chi connectivity index (χ1) is 11.1. The second-order valence-electron chi connectivity index (χ2n) is 6.86. The van der Waals surface area contributed by atoms with Crippen LogP contribution in [0.5, 0.6) is 0 Å². The summed E-state index contributed by atoms with van der Waals surface area (Å²) in [6.07, 6.45) is 5.23. The number of piperazine rings is 1. The number of amides is 1. The molecule has 1 heterocycles. The molecule has 1 aliphatic heterocycles. The van der Waals surface area contributed by atoms with Gasteiger partial charge < -0.3 is 10.0 Å². The molecule has 1 N–H and O–H groups in total. The summed E-state index contributed by atoms with van der Waals surface area (Å²) in [7, 11) is 0. The predicted molar refractivity (Wildman–Crippen MR) is 86.8 cm³/mol. The van der Waals surface area contributed by atoms with Crippen molar-refractivity contribution >= 4 is 5.91 Å². The third-order valence-electron chi connectivity index (χ3n) is 5.05. The summed E-state index contributed by atoms with van der Waals surface area (Å²) in [5.74, 6) is -0.367. The molecule has 2 aliphatic rings. The molecule has 1 aromatic carbocycles. The van der Waals surface area contributed by atoms with Gasteiger partial charge in [0.1, 0.15) is 5.82 Å². The fourth-order valence-electron chi connectivity index (χ4n) is 3.67. The number of β-amino-alcohol motifs (C(OH)–C–C–N with tert-alkyl or cyclic N) is 1. The van der Waals surface area contributed by atoms with Crippen molar-refractivity contribution in [2.45, 2.75) is 37.7 Å². The lowest BCUT2D eigenvalue weighted by Crippen LogP contribution is -2.53. The molecule has 1 aromatic rings. The first kappa shape index (κ1) is 16.4. The third-order valence-corrected chi connectivity index (χ3v) is 5.05. The molecule has 4 nitrogen and oxygen atoms in total. The van der Waals surface area contributed by atoms with Gasteiger partial charge in [-0.2, -0.15) is 0 Å². The van der Waals surface area contributed by atoms with E-state index < -0.39 is 5.60 Å². The van der Waals surface area contributed by atoms with Gasteiger partial charge in [0.05, 0.1) is 5.60 Å². The van der Waals surface area contributed by atoms with Crippen LogP contribution in [-0.4, -0.2) is 59.1 Å². The first-order valence-corrected chi connectivity index (χ1v) is 8.55. The van der Waals surface area contributed by atoms with E-state index in [1.165, 1.54) is 30.7 Å². The zero-order chi connectivity index (χ0) is 16.3. The highest BCUT2D eigenvalue weighted by Crippen LogP contribution is 2.29. The Kier molecular flexibility index (Phi) is 4.97. The average Bonchev–Trinajstić information content (AvgIpc) is 2.56. The highest BCUT2D eigenvalue weighted by molar-refractivity contribution is 5.94. The normalized spacial score (nSPS) is 22.1. The van der Waals surface area contributed by atoms with Crippen molar-refractivity contribution in [3.05, 3.63) is 35.6 Å². The summed E-state index contributed by atoms with van der Waals surface area (Å²) in [6, 6.07) is 5.72. The maximum absolute atomic E-state index is 12.9. The minimum atomic E-state index is -0.540. The Hall–Kier alpha value is -1.46. The lowest BCUT2D eigenvalue weighted by atomic mass is 9.84. The Morgan fingerprint density at radius 2 is 1.65 bits per heavy atom. The number of carbonyl (C=O) groups excluding carboxylic acids is 1. The molecule has 5 heteroatoms. The quantitative estimate of drug-likeness (QED) is 0.929. The fraction of sp³-hybridized carbons (Fsp3) is 0.611. The SMILES string of the molecule is O=C(c1ccc(F)cc1)N1CCN(CC2(O)CCCCC2)CC1. The summed E-state index contributed by atoms with van der Waals surface area (Å²) in [6.45, 7) is 3.61. The highest BCUT2D eigenvalue weighted by Gasteiger charge is 2.33. The fourth-order valence-corrected chi connectivity index (χ4v) is 3.67. The Morgan fingerprint density at radius 3 is 2.26 bits per heavy atom. The van der Waals surface area contributed by atoms with Crippen LogP contribution >= 0.6 is 0 Å². The van der Waals surface area contributed by atoms with Crippen molar-refractivity contribution in [3.63, 3.8) is 0 Å². The summed E-state index contributed by atoms with van der Waals surface area (Å²) < 4.78 is 12.9. The van der Waals surface area contributed by atoms with Gasteiger partial charge in [0.2, 0.25) is 0 Å². The van der Waals surface area contributed by atoms with Crippen LogP contribution in [-0.2, 0) is 0 Å². The van der Waals surface area contributed by atoms with Gasteiger partial charge in [-0.1, -0.05) is 19.3 Å².